The highest BCUT2D eigenvalue weighted by atomic mass is 16.3. The highest BCUT2D eigenvalue weighted by molar-refractivity contribution is 5.83. The summed E-state index contributed by atoms with van der Waals surface area (Å²) in [6.45, 7) is 1.84. The van der Waals surface area contributed by atoms with Gasteiger partial charge in [0.15, 0.2) is 0 Å². The lowest BCUT2D eigenvalue weighted by Crippen LogP contribution is -2.13. The third-order valence-electron chi connectivity index (χ3n) is 2.06. The summed E-state index contributed by atoms with van der Waals surface area (Å²) >= 11 is 0. The zero-order valence-electron chi connectivity index (χ0n) is 9.35. The highest BCUT2D eigenvalue weighted by Crippen LogP contribution is 2.12. The summed E-state index contributed by atoms with van der Waals surface area (Å²) < 4.78 is 0. The molecule has 0 fully saturated rings. The van der Waals surface area contributed by atoms with E-state index in [2.05, 4.69) is 9.89 Å². The smallest absolute Gasteiger partial charge is 0.124 e. The van der Waals surface area contributed by atoms with Crippen LogP contribution in [0.4, 0.5) is 0 Å². The molecule has 1 aromatic rings. The van der Waals surface area contributed by atoms with E-state index in [-0.39, 0.29) is 5.75 Å². The summed E-state index contributed by atoms with van der Waals surface area (Å²) in [6.07, 6.45) is 2.77. The molecule has 1 rings (SSSR count). The van der Waals surface area contributed by atoms with Gasteiger partial charge in [-0.3, -0.25) is 4.99 Å². The molecule has 0 aliphatic heterocycles. The predicted octanol–water partition coefficient (Wildman–Crippen LogP) is 1.76. The Kier molecular flexibility index (Phi) is 4.84. The summed E-state index contributed by atoms with van der Waals surface area (Å²) in [5.41, 5.74) is 0.780. The lowest BCUT2D eigenvalue weighted by Gasteiger charge is -2.06. The van der Waals surface area contributed by atoms with Crippen LogP contribution in [-0.4, -0.2) is 43.4 Å². The SMILES string of the molecule is CN(C)CCC/N=C/c1ccccc1O. The van der Waals surface area contributed by atoms with Crippen LogP contribution < -0.4 is 0 Å². The Morgan fingerprint density at radius 3 is 2.73 bits per heavy atom. The molecule has 0 spiro atoms. The number of phenolic OH excluding ortho intramolecular Hbond substituents is 1. The van der Waals surface area contributed by atoms with Crippen molar-refractivity contribution in [2.24, 2.45) is 4.99 Å². The molecule has 15 heavy (non-hydrogen) atoms. The second-order valence-electron chi connectivity index (χ2n) is 3.75. The van der Waals surface area contributed by atoms with E-state index in [1.807, 2.05) is 26.2 Å². The van der Waals surface area contributed by atoms with Crippen LogP contribution in [0.2, 0.25) is 0 Å². The van der Waals surface area contributed by atoms with Gasteiger partial charge in [-0.15, -0.1) is 0 Å². The Balaban J connectivity index is 2.35. The van der Waals surface area contributed by atoms with Crippen LogP contribution in [0.15, 0.2) is 29.3 Å². The Morgan fingerprint density at radius 2 is 2.07 bits per heavy atom. The average molecular weight is 206 g/mol. The molecule has 0 unspecified atom stereocenters. The molecule has 0 saturated carbocycles. The molecule has 0 saturated heterocycles. The van der Waals surface area contributed by atoms with E-state index in [0.717, 1.165) is 25.1 Å². The maximum absolute atomic E-state index is 9.46. The number of nitrogens with zero attached hydrogens (tertiary/aromatic N) is 2. The zero-order chi connectivity index (χ0) is 11.1. The van der Waals surface area contributed by atoms with Gasteiger partial charge in [0.1, 0.15) is 5.75 Å². The number of para-hydroxylation sites is 1. The first-order valence-electron chi connectivity index (χ1n) is 5.12. The molecule has 0 aliphatic carbocycles. The van der Waals surface area contributed by atoms with Crippen LogP contribution in [0.3, 0.4) is 0 Å². The van der Waals surface area contributed by atoms with E-state index >= 15 is 0 Å². The van der Waals surface area contributed by atoms with Gasteiger partial charge in [-0.05, 0) is 39.2 Å². The fourth-order valence-corrected chi connectivity index (χ4v) is 1.24. The fourth-order valence-electron chi connectivity index (χ4n) is 1.24. The van der Waals surface area contributed by atoms with Crippen molar-refractivity contribution in [3.05, 3.63) is 29.8 Å². The van der Waals surface area contributed by atoms with Crippen molar-refractivity contribution >= 4 is 6.21 Å². The van der Waals surface area contributed by atoms with Gasteiger partial charge in [-0.1, -0.05) is 12.1 Å². The summed E-state index contributed by atoms with van der Waals surface area (Å²) in [7, 11) is 4.10. The normalized spacial score (nSPS) is 11.4. The predicted molar refractivity (Wildman–Crippen MR) is 63.7 cm³/mol. The molecule has 1 N–H and O–H groups in total. The number of phenols is 1. The number of hydrogen-bond donors (Lipinski definition) is 1. The monoisotopic (exact) mass is 206 g/mol. The van der Waals surface area contributed by atoms with Crippen LogP contribution in [0, 0.1) is 0 Å². The molecule has 0 amide bonds. The van der Waals surface area contributed by atoms with Crippen LogP contribution in [-0.2, 0) is 0 Å². The topological polar surface area (TPSA) is 35.8 Å². The molecule has 0 aliphatic rings. The fraction of sp³-hybridized carbons (Fsp3) is 0.417. The van der Waals surface area contributed by atoms with E-state index in [0.29, 0.717) is 0 Å². The number of aromatic hydroxyl groups is 1. The lowest BCUT2D eigenvalue weighted by molar-refractivity contribution is 0.403. The third kappa shape index (κ3) is 4.61. The summed E-state index contributed by atoms with van der Waals surface area (Å²) in [5, 5.41) is 9.46. The Morgan fingerprint density at radius 1 is 1.33 bits per heavy atom. The van der Waals surface area contributed by atoms with Crippen LogP contribution in [0.1, 0.15) is 12.0 Å². The standard InChI is InChI=1S/C12H18N2O/c1-14(2)9-5-8-13-10-11-6-3-4-7-12(11)15/h3-4,6-7,10,15H,5,8-9H2,1-2H3/b13-10+. The first kappa shape index (κ1) is 11.7. The minimum atomic E-state index is 0.286. The lowest BCUT2D eigenvalue weighted by atomic mass is 10.2. The van der Waals surface area contributed by atoms with Gasteiger partial charge >= 0.3 is 0 Å². The zero-order valence-corrected chi connectivity index (χ0v) is 9.35. The van der Waals surface area contributed by atoms with Crippen molar-refractivity contribution in [1.29, 1.82) is 0 Å². The maximum Gasteiger partial charge on any atom is 0.124 e. The van der Waals surface area contributed by atoms with Gasteiger partial charge in [0.25, 0.3) is 0 Å². The van der Waals surface area contributed by atoms with E-state index in [1.54, 1.807) is 18.3 Å². The summed E-state index contributed by atoms with van der Waals surface area (Å²) in [5.74, 6) is 0.286. The van der Waals surface area contributed by atoms with Crippen LogP contribution in [0.25, 0.3) is 0 Å². The summed E-state index contributed by atoms with van der Waals surface area (Å²) in [4.78, 5) is 6.40. The number of rotatable bonds is 5. The van der Waals surface area contributed by atoms with Crippen LogP contribution >= 0.6 is 0 Å². The number of hydrogen-bond acceptors (Lipinski definition) is 3. The van der Waals surface area contributed by atoms with E-state index in [4.69, 9.17) is 0 Å². The first-order valence-corrected chi connectivity index (χ1v) is 5.12. The molecular weight excluding hydrogens is 188 g/mol. The minimum Gasteiger partial charge on any atom is -0.507 e. The van der Waals surface area contributed by atoms with Gasteiger partial charge in [-0.2, -0.15) is 0 Å². The van der Waals surface area contributed by atoms with E-state index in [9.17, 15) is 5.11 Å². The Hall–Kier alpha value is -1.35. The molecule has 3 nitrogen and oxygen atoms in total. The largest absolute Gasteiger partial charge is 0.507 e. The first-order chi connectivity index (χ1) is 7.20. The maximum atomic E-state index is 9.46. The molecule has 3 heteroatoms. The molecular formula is C12H18N2O. The quantitative estimate of drug-likeness (QED) is 0.588. The molecule has 0 aromatic heterocycles. The molecule has 1 aromatic carbocycles. The van der Waals surface area contributed by atoms with Gasteiger partial charge in [0, 0.05) is 18.3 Å². The van der Waals surface area contributed by atoms with Crippen molar-refractivity contribution in [2.75, 3.05) is 27.2 Å². The molecule has 0 atom stereocenters. The van der Waals surface area contributed by atoms with Crippen molar-refractivity contribution in [3.63, 3.8) is 0 Å². The second kappa shape index (κ2) is 6.19. The minimum absolute atomic E-state index is 0.286. The van der Waals surface area contributed by atoms with Crippen molar-refractivity contribution in [1.82, 2.24) is 4.90 Å². The van der Waals surface area contributed by atoms with Crippen molar-refractivity contribution < 1.29 is 5.11 Å². The van der Waals surface area contributed by atoms with Crippen molar-refractivity contribution in [3.8, 4) is 5.75 Å². The Bertz CT molecular complexity index is 321. The molecule has 82 valence electrons. The number of aliphatic imine (C=N–C) groups is 1. The number of benzene rings is 1. The van der Waals surface area contributed by atoms with Gasteiger partial charge in [-0.25, -0.2) is 0 Å². The second-order valence-corrected chi connectivity index (χ2v) is 3.75. The van der Waals surface area contributed by atoms with Crippen LogP contribution in [0.5, 0.6) is 5.75 Å². The average Bonchev–Trinajstić information content (AvgIpc) is 2.20. The van der Waals surface area contributed by atoms with Gasteiger partial charge in [0.2, 0.25) is 0 Å². The highest BCUT2D eigenvalue weighted by Gasteiger charge is 1.94. The molecule has 0 heterocycles. The van der Waals surface area contributed by atoms with Gasteiger partial charge < -0.3 is 10.0 Å². The molecule has 0 bridgehead atoms. The molecule has 0 radical (unpaired) electrons. The van der Waals surface area contributed by atoms with E-state index < -0.39 is 0 Å². The van der Waals surface area contributed by atoms with Crippen molar-refractivity contribution in [2.45, 2.75) is 6.42 Å². The third-order valence-corrected chi connectivity index (χ3v) is 2.06. The summed E-state index contributed by atoms with van der Waals surface area (Å²) in [6, 6.07) is 7.21. The van der Waals surface area contributed by atoms with Gasteiger partial charge in [0.05, 0.1) is 0 Å². The van der Waals surface area contributed by atoms with E-state index in [1.165, 1.54) is 0 Å². The Labute approximate surface area is 91.1 Å².